The van der Waals surface area contributed by atoms with E-state index in [4.69, 9.17) is 0 Å². The summed E-state index contributed by atoms with van der Waals surface area (Å²) in [6, 6.07) is 3.72. The molecule has 4 heteroatoms. The van der Waals surface area contributed by atoms with Crippen LogP contribution in [0.15, 0.2) is 11.6 Å². The summed E-state index contributed by atoms with van der Waals surface area (Å²) in [5.41, 5.74) is -0.212. The summed E-state index contributed by atoms with van der Waals surface area (Å²) in [5.74, 6) is 0.402. The van der Waals surface area contributed by atoms with Crippen molar-refractivity contribution >= 4 is 8.07 Å². The molecule has 3 nitrogen and oxygen atoms in total. The largest absolute Gasteiger partial charge is 0.395 e. The number of allylic oxidation sites excluding steroid dienone is 1. The van der Waals surface area contributed by atoms with Crippen molar-refractivity contribution in [1.82, 2.24) is 0 Å². The second kappa shape index (κ2) is 4.12. The molecule has 4 aliphatic rings. The van der Waals surface area contributed by atoms with E-state index in [1.807, 2.05) is 0 Å². The number of nitrogens with zero attached hydrogens (tertiary/aromatic N) is 1. The maximum atomic E-state index is 11.8. The fourth-order valence-electron chi connectivity index (χ4n) is 8.19. The van der Waals surface area contributed by atoms with Gasteiger partial charge in [0.1, 0.15) is 0 Å². The summed E-state index contributed by atoms with van der Waals surface area (Å²) < 4.78 is 0. The van der Waals surface area contributed by atoms with Gasteiger partial charge in [0.15, 0.2) is 0 Å². The summed E-state index contributed by atoms with van der Waals surface area (Å²) >= 11 is 0. The SMILES string of the molecule is CC1(C)C[C@]2(O)C[C@H]3CC[C@H](C#N)[C@@]34[C@]2(CO)C1=CC[Si]4(C)C. The zero-order valence-electron chi connectivity index (χ0n) is 14.8. The quantitative estimate of drug-likeness (QED) is 0.571. The van der Waals surface area contributed by atoms with Crippen molar-refractivity contribution in [2.45, 2.75) is 69.3 Å². The number of nitriles is 1. The van der Waals surface area contributed by atoms with Crippen molar-refractivity contribution in [3.63, 3.8) is 0 Å². The third kappa shape index (κ3) is 1.34. The van der Waals surface area contributed by atoms with Crippen LogP contribution in [0.25, 0.3) is 0 Å². The van der Waals surface area contributed by atoms with Gasteiger partial charge in [-0.15, -0.1) is 0 Å². The number of hydrogen-bond donors (Lipinski definition) is 2. The van der Waals surface area contributed by atoms with Crippen molar-refractivity contribution in [3.8, 4) is 6.07 Å². The Morgan fingerprint density at radius 3 is 2.65 bits per heavy atom. The Labute approximate surface area is 140 Å². The maximum absolute atomic E-state index is 11.8. The average molecular weight is 332 g/mol. The van der Waals surface area contributed by atoms with Gasteiger partial charge in [-0.05, 0) is 48.1 Å². The zero-order chi connectivity index (χ0) is 16.9. The highest BCUT2D eigenvalue weighted by Gasteiger charge is 2.84. The first kappa shape index (κ1) is 15.9. The Balaban J connectivity index is 2.10. The summed E-state index contributed by atoms with van der Waals surface area (Å²) in [5, 5.41) is 32.3. The third-order valence-electron chi connectivity index (χ3n) is 8.33. The average Bonchev–Trinajstić information content (AvgIpc) is 2.95. The third-order valence-corrected chi connectivity index (χ3v) is 13.0. The maximum Gasteiger partial charge on any atom is 0.0777 e. The second-order valence-corrected chi connectivity index (χ2v) is 14.9. The molecule has 23 heavy (non-hydrogen) atoms. The molecule has 5 atom stereocenters. The molecular weight excluding hydrogens is 302 g/mol. The van der Waals surface area contributed by atoms with E-state index in [0.29, 0.717) is 5.92 Å². The molecule has 126 valence electrons. The van der Waals surface area contributed by atoms with Gasteiger partial charge in [0.05, 0.1) is 32.3 Å². The van der Waals surface area contributed by atoms with Crippen molar-refractivity contribution < 1.29 is 10.2 Å². The van der Waals surface area contributed by atoms with Crippen LogP contribution in [-0.2, 0) is 0 Å². The fraction of sp³-hybridized carbons (Fsp3) is 0.842. The Kier molecular flexibility index (Phi) is 2.84. The van der Waals surface area contributed by atoms with Crippen LogP contribution in [0.4, 0.5) is 0 Å². The van der Waals surface area contributed by atoms with Gasteiger partial charge < -0.3 is 10.2 Å². The molecule has 0 aromatic heterocycles. The molecule has 1 aliphatic heterocycles. The summed E-state index contributed by atoms with van der Waals surface area (Å²) in [6.07, 6.45) is 5.87. The predicted octanol–water partition coefficient (Wildman–Crippen LogP) is 3.47. The van der Waals surface area contributed by atoms with Crippen molar-refractivity contribution in [2.24, 2.45) is 22.7 Å². The molecule has 3 fully saturated rings. The van der Waals surface area contributed by atoms with Gasteiger partial charge in [-0.3, -0.25) is 0 Å². The first-order chi connectivity index (χ1) is 10.6. The van der Waals surface area contributed by atoms with Crippen LogP contribution in [0.5, 0.6) is 0 Å². The Morgan fingerprint density at radius 2 is 2.04 bits per heavy atom. The minimum Gasteiger partial charge on any atom is -0.395 e. The molecule has 3 aliphatic carbocycles. The highest BCUT2D eigenvalue weighted by molar-refractivity contribution is 6.81. The van der Waals surface area contributed by atoms with Crippen LogP contribution in [-0.4, -0.2) is 30.5 Å². The second-order valence-electron chi connectivity index (χ2n) is 9.89. The standard InChI is InChI=1S/C19H29NO2Si/c1-16(2)11-17(22)9-13-5-6-14(10-20)19(13)18(17,12-21)15(16)7-8-23(19,3)4/h7,13-14,21-22H,5-6,8-9,11-12H2,1-4H3/t13-,14-,17-,18-,19-/m1/s1. The van der Waals surface area contributed by atoms with E-state index in [1.165, 1.54) is 5.57 Å². The number of aliphatic hydroxyl groups excluding tert-OH is 1. The Morgan fingerprint density at radius 1 is 1.35 bits per heavy atom. The van der Waals surface area contributed by atoms with Crippen LogP contribution in [0, 0.1) is 34.0 Å². The lowest BCUT2D eigenvalue weighted by Gasteiger charge is -2.60. The summed E-state index contributed by atoms with van der Waals surface area (Å²) in [7, 11) is -1.82. The Hall–Kier alpha value is -0.633. The van der Waals surface area contributed by atoms with Crippen LogP contribution in [0.1, 0.15) is 39.5 Å². The van der Waals surface area contributed by atoms with E-state index in [-0.39, 0.29) is 23.0 Å². The van der Waals surface area contributed by atoms with Gasteiger partial charge in [0, 0.05) is 5.41 Å². The molecule has 0 bridgehead atoms. The molecule has 0 saturated heterocycles. The van der Waals surface area contributed by atoms with Gasteiger partial charge in [-0.25, -0.2) is 0 Å². The summed E-state index contributed by atoms with van der Waals surface area (Å²) in [4.78, 5) is 0. The predicted molar refractivity (Wildman–Crippen MR) is 92.4 cm³/mol. The van der Waals surface area contributed by atoms with Crippen LogP contribution in [0.3, 0.4) is 0 Å². The van der Waals surface area contributed by atoms with E-state index in [9.17, 15) is 15.5 Å². The topological polar surface area (TPSA) is 64.2 Å². The van der Waals surface area contributed by atoms with E-state index in [0.717, 1.165) is 31.7 Å². The van der Waals surface area contributed by atoms with Gasteiger partial charge >= 0.3 is 0 Å². The van der Waals surface area contributed by atoms with Crippen molar-refractivity contribution in [3.05, 3.63) is 11.6 Å². The van der Waals surface area contributed by atoms with Crippen LogP contribution in [0.2, 0.25) is 24.2 Å². The molecular formula is C19H29NO2Si. The molecule has 3 saturated carbocycles. The summed E-state index contributed by atoms with van der Waals surface area (Å²) in [6.45, 7) is 9.23. The normalized spacial score (nSPS) is 51.8. The molecule has 0 aromatic carbocycles. The minimum absolute atomic E-state index is 0.00384. The molecule has 1 spiro atoms. The first-order valence-electron chi connectivity index (χ1n) is 9.07. The van der Waals surface area contributed by atoms with Crippen molar-refractivity contribution in [2.75, 3.05) is 6.61 Å². The van der Waals surface area contributed by atoms with E-state index < -0.39 is 19.1 Å². The van der Waals surface area contributed by atoms with Crippen LogP contribution < -0.4 is 0 Å². The lowest BCUT2D eigenvalue weighted by molar-refractivity contribution is -0.0702. The van der Waals surface area contributed by atoms with Gasteiger partial charge in [0.2, 0.25) is 0 Å². The van der Waals surface area contributed by atoms with Gasteiger partial charge in [-0.2, -0.15) is 5.26 Å². The first-order valence-corrected chi connectivity index (χ1v) is 12.3. The number of hydrogen-bond acceptors (Lipinski definition) is 3. The van der Waals surface area contributed by atoms with Crippen molar-refractivity contribution in [1.29, 1.82) is 5.26 Å². The van der Waals surface area contributed by atoms with Gasteiger partial charge in [-0.1, -0.05) is 38.6 Å². The smallest absolute Gasteiger partial charge is 0.0777 e. The highest BCUT2D eigenvalue weighted by Crippen LogP contribution is 2.86. The van der Waals surface area contributed by atoms with E-state index >= 15 is 0 Å². The molecule has 0 unspecified atom stereocenters. The van der Waals surface area contributed by atoms with E-state index in [2.05, 4.69) is 39.1 Å². The Bertz CT molecular complexity index is 648. The molecule has 4 rings (SSSR count). The zero-order valence-corrected chi connectivity index (χ0v) is 15.8. The molecule has 0 aromatic rings. The fourth-order valence-corrected chi connectivity index (χ4v) is 13.3. The monoisotopic (exact) mass is 331 g/mol. The minimum atomic E-state index is -1.82. The molecule has 0 amide bonds. The van der Waals surface area contributed by atoms with Crippen LogP contribution >= 0.6 is 0 Å². The number of rotatable bonds is 1. The van der Waals surface area contributed by atoms with Gasteiger partial charge in [0.25, 0.3) is 0 Å². The molecule has 0 radical (unpaired) electrons. The molecule has 2 N–H and O–H groups in total. The molecule has 1 heterocycles. The number of aliphatic hydroxyl groups is 2. The lowest BCUT2D eigenvalue weighted by Crippen LogP contribution is -2.62. The lowest BCUT2D eigenvalue weighted by atomic mass is 9.62. The van der Waals surface area contributed by atoms with E-state index in [1.54, 1.807) is 0 Å². The highest BCUT2D eigenvalue weighted by atomic mass is 28.3.